The second kappa shape index (κ2) is 5.55. The fourth-order valence-corrected chi connectivity index (χ4v) is 0.903. The molecule has 0 rings (SSSR count). The summed E-state index contributed by atoms with van der Waals surface area (Å²) < 4.78 is 4.99. The molecule has 6 heteroatoms. The van der Waals surface area contributed by atoms with Crippen molar-refractivity contribution in [3.05, 3.63) is 0 Å². The zero-order valence-electron chi connectivity index (χ0n) is 9.59. The second-order valence-electron chi connectivity index (χ2n) is 4.12. The lowest BCUT2D eigenvalue weighted by molar-refractivity contribution is -0.123. The van der Waals surface area contributed by atoms with Gasteiger partial charge in [-0.3, -0.25) is 10.2 Å². The van der Waals surface area contributed by atoms with Gasteiger partial charge in [-0.2, -0.15) is 0 Å². The Labute approximate surface area is 89.5 Å². The topological polar surface area (TPSA) is 93.4 Å². The number of nitrogens with two attached hydrogens (primary N) is 1. The van der Waals surface area contributed by atoms with Gasteiger partial charge in [0.05, 0.1) is 0 Å². The molecule has 0 saturated carbocycles. The molecule has 0 aliphatic carbocycles. The van der Waals surface area contributed by atoms with Crippen molar-refractivity contribution in [2.75, 3.05) is 0 Å². The molecule has 0 bridgehead atoms. The molecule has 0 aliphatic heterocycles. The maximum absolute atomic E-state index is 11.3. The summed E-state index contributed by atoms with van der Waals surface area (Å²) in [5.41, 5.74) is 1.39. The first-order valence-corrected chi connectivity index (χ1v) is 4.80. The lowest BCUT2D eigenvalue weighted by Crippen LogP contribution is -2.49. The molecule has 0 fully saturated rings. The minimum Gasteiger partial charge on any atom is -0.444 e. The predicted molar refractivity (Wildman–Crippen MR) is 55.8 cm³/mol. The quantitative estimate of drug-likeness (QED) is 0.359. The number of hydrogen-bond acceptors (Lipinski definition) is 4. The molecular weight excluding hydrogens is 198 g/mol. The van der Waals surface area contributed by atoms with E-state index >= 15 is 0 Å². The highest BCUT2D eigenvalue weighted by Gasteiger charge is 2.22. The lowest BCUT2D eigenvalue weighted by Gasteiger charge is -2.22. The molecule has 6 nitrogen and oxygen atoms in total. The van der Waals surface area contributed by atoms with Gasteiger partial charge >= 0.3 is 6.09 Å². The third-order valence-corrected chi connectivity index (χ3v) is 1.56. The van der Waals surface area contributed by atoms with E-state index < -0.39 is 23.6 Å². The molecule has 4 N–H and O–H groups in total. The van der Waals surface area contributed by atoms with Gasteiger partial charge in [0, 0.05) is 0 Å². The van der Waals surface area contributed by atoms with E-state index in [1.54, 1.807) is 27.7 Å². The lowest BCUT2D eigenvalue weighted by atomic mass is 10.2. The molecule has 0 spiro atoms. The van der Waals surface area contributed by atoms with Crippen molar-refractivity contribution in [2.45, 2.75) is 45.8 Å². The SMILES string of the molecule is CC[C@H](NC(=O)OC(C)(C)C)C(=O)NN. The fourth-order valence-electron chi connectivity index (χ4n) is 0.903. The average Bonchev–Trinajstić information content (AvgIpc) is 2.10. The summed E-state index contributed by atoms with van der Waals surface area (Å²) in [7, 11) is 0. The second-order valence-corrected chi connectivity index (χ2v) is 4.12. The summed E-state index contributed by atoms with van der Waals surface area (Å²) in [5, 5.41) is 2.42. The first-order chi connectivity index (χ1) is 6.80. The number of hydrazine groups is 1. The van der Waals surface area contributed by atoms with Crippen LogP contribution in [0.25, 0.3) is 0 Å². The highest BCUT2D eigenvalue weighted by Crippen LogP contribution is 2.07. The monoisotopic (exact) mass is 217 g/mol. The first-order valence-electron chi connectivity index (χ1n) is 4.80. The number of ether oxygens (including phenoxy) is 1. The number of nitrogens with one attached hydrogen (secondary N) is 2. The van der Waals surface area contributed by atoms with Crippen LogP contribution in [0, 0.1) is 0 Å². The van der Waals surface area contributed by atoms with Crippen molar-refractivity contribution >= 4 is 12.0 Å². The Morgan fingerprint density at radius 3 is 2.27 bits per heavy atom. The Kier molecular flexibility index (Phi) is 5.07. The Hall–Kier alpha value is -1.30. The van der Waals surface area contributed by atoms with Crippen LogP contribution < -0.4 is 16.6 Å². The van der Waals surface area contributed by atoms with Crippen molar-refractivity contribution in [3.8, 4) is 0 Å². The van der Waals surface area contributed by atoms with Crippen LogP contribution in [-0.2, 0) is 9.53 Å². The van der Waals surface area contributed by atoms with E-state index in [2.05, 4.69) is 5.32 Å². The van der Waals surface area contributed by atoms with Crippen LogP contribution in [0.1, 0.15) is 34.1 Å². The minimum absolute atomic E-state index is 0.441. The Morgan fingerprint density at radius 1 is 1.40 bits per heavy atom. The Balaban J connectivity index is 4.20. The van der Waals surface area contributed by atoms with E-state index in [9.17, 15) is 9.59 Å². The van der Waals surface area contributed by atoms with E-state index in [1.807, 2.05) is 5.43 Å². The Morgan fingerprint density at radius 2 is 1.93 bits per heavy atom. The molecular formula is C9H19N3O3. The van der Waals surface area contributed by atoms with Crippen LogP contribution in [0.3, 0.4) is 0 Å². The van der Waals surface area contributed by atoms with Crippen molar-refractivity contribution < 1.29 is 14.3 Å². The van der Waals surface area contributed by atoms with E-state index in [0.29, 0.717) is 6.42 Å². The summed E-state index contributed by atoms with van der Waals surface area (Å²) in [6.45, 7) is 7.00. The number of rotatable bonds is 3. The van der Waals surface area contributed by atoms with E-state index in [1.165, 1.54) is 0 Å². The largest absolute Gasteiger partial charge is 0.444 e. The number of hydrogen-bond donors (Lipinski definition) is 3. The minimum atomic E-state index is -0.662. The summed E-state index contributed by atoms with van der Waals surface area (Å²) in [6.07, 6.45) is -0.180. The summed E-state index contributed by atoms with van der Waals surface area (Å²) in [5.74, 6) is 4.52. The van der Waals surface area contributed by atoms with Gasteiger partial charge in [0.15, 0.2) is 0 Å². The first kappa shape index (κ1) is 13.7. The molecule has 88 valence electrons. The number of carbonyl (C=O) groups excluding carboxylic acids is 2. The zero-order chi connectivity index (χ0) is 12.1. The van der Waals surface area contributed by atoms with Crippen molar-refractivity contribution in [2.24, 2.45) is 5.84 Å². The molecule has 0 unspecified atom stereocenters. The van der Waals surface area contributed by atoms with Gasteiger partial charge in [-0.15, -0.1) is 0 Å². The van der Waals surface area contributed by atoms with Gasteiger partial charge in [0.2, 0.25) is 0 Å². The van der Waals surface area contributed by atoms with Crippen molar-refractivity contribution in [3.63, 3.8) is 0 Å². The number of carbonyl (C=O) groups is 2. The summed E-state index contributed by atoms with van der Waals surface area (Å²) in [6, 6.07) is -0.662. The molecule has 0 saturated heterocycles. The van der Waals surface area contributed by atoms with E-state index in [-0.39, 0.29) is 0 Å². The third-order valence-electron chi connectivity index (χ3n) is 1.56. The number of alkyl carbamates (subject to hydrolysis) is 1. The van der Waals surface area contributed by atoms with Crippen LogP contribution in [0.15, 0.2) is 0 Å². The maximum Gasteiger partial charge on any atom is 0.408 e. The van der Waals surface area contributed by atoms with Gasteiger partial charge < -0.3 is 10.1 Å². The van der Waals surface area contributed by atoms with Crippen LogP contribution in [0.5, 0.6) is 0 Å². The smallest absolute Gasteiger partial charge is 0.408 e. The molecule has 0 aliphatic rings. The van der Waals surface area contributed by atoms with Gasteiger partial charge in [0.25, 0.3) is 5.91 Å². The van der Waals surface area contributed by atoms with Gasteiger partial charge in [-0.05, 0) is 27.2 Å². The summed E-state index contributed by atoms with van der Waals surface area (Å²) in [4.78, 5) is 22.4. The third kappa shape index (κ3) is 5.90. The van der Waals surface area contributed by atoms with E-state index in [4.69, 9.17) is 10.6 Å². The molecule has 0 aromatic heterocycles. The highest BCUT2D eigenvalue weighted by atomic mass is 16.6. The average molecular weight is 217 g/mol. The molecule has 0 aromatic rings. The van der Waals surface area contributed by atoms with Crippen LogP contribution >= 0.6 is 0 Å². The van der Waals surface area contributed by atoms with Crippen molar-refractivity contribution in [1.29, 1.82) is 0 Å². The van der Waals surface area contributed by atoms with Crippen LogP contribution in [0.4, 0.5) is 4.79 Å². The normalized spacial score (nSPS) is 12.9. The van der Waals surface area contributed by atoms with Crippen LogP contribution in [-0.4, -0.2) is 23.6 Å². The standard InChI is InChI=1S/C9H19N3O3/c1-5-6(7(13)12-10)11-8(14)15-9(2,3)4/h6H,5,10H2,1-4H3,(H,11,14)(H,12,13)/t6-/m0/s1. The molecule has 0 aromatic carbocycles. The van der Waals surface area contributed by atoms with Crippen LogP contribution in [0.2, 0.25) is 0 Å². The fraction of sp³-hybridized carbons (Fsp3) is 0.778. The highest BCUT2D eigenvalue weighted by molar-refractivity contribution is 5.85. The number of amides is 2. The Bertz CT molecular complexity index is 235. The summed E-state index contributed by atoms with van der Waals surface area (Å²) >= 11 is 0. The molecule has 0 heterocycles. The van der Waals surface area contributed by atoms with Crippen molar-refractivity contribution in [1.82, 2.24) is 10.7 Å². The molecule has 2 amide bonds. The van der Waals surface area contributed by atoms with Gasteiger partial charge in [-0.1, -0.05) is 6.92 Å². The van der Waals surface area contributed by atoms with Gasteiger partial charge in [-0.25, -0.2) is 10.6 Å². The maximum atomic E-state index is 11.3. The van der Waals surface area contributed by atoms with Gasteiger partial charge in [0.1, 0.15) is 11.6 Å². The molecule has 1 atom stereocenters. The molecule has 0 radical (unpaired) electrons. The van der Waals surface area contributed by atoms with E-state index in [0.717, 1.165) is 0 Å². The predicted octanol–water partition coefficient (Wildman–Crippen LogP) is 0.280. The zero-order valence-corrected chi connectivity index (χ0v) is 9.59. The molecule has 15 heavy (non-hydrogen) atoms.